The molecule has 0 aliphatic carbocycles. The fourth-order valence-corrected chi connectivity index (χ4v) is 2.42. The first kappa shape index (κ1) is 14.9. The molecule has 1 unspecified atom stereocenters. The highest BCUT2D eigenvalue weighted by atomic mass is 16.5. The summed E-state index contributed by atoms with van der Waals surface area (Å²) in [6.45, 7) is 5.34. The summed E-state index contributed by atoms with van der Waals surface area (Å²) in [4.78, 5) is 11.5. The number of nitrogens with one attached hydrogen (secondary N) is 2. The van der Waals surface area contributed by atoms with E-state index in [1.807, 2.05) is 31.2 Å². The highest BCUT2D eigenvalue weighted by molar-refractivity contribution is 5.78. The van der Waals surface area contributed by atoms with Gasteiger partial charge < -0.3 is 15.4 Å². The lowest BCUT2D eigenvalue weighted by molar-refractivity contribution is -0.120. The van der Waals surface area contributed by atoms with Gasteiger partial charge in [-0.1, -0.05) is 12.1 Å². The number of anilines is 1. The van der Waals surface area contributed by atoms with Gasteiger partial charge in [-0.2, -0.15) is 0 Å². The quantitative estimate of drug-likeness (QED) is 0.837. The van der Waals surface area contributed by atoms with E-state index >= 15 is 0 Å². The molecule has 0 spiro atoms. The summed E-state index contributed by atoms with van der Waals surface area (Å²) < 4.78 is 5.47. The smallest absolute Gasteiger partial charge is 0.224 e. The van der Waals surface area contributed by atoms with Gasteiger partial charge in [0.2, 0.25) is 5.91 Å². The number of hydrogen-bond acceptors (Lipinski definition) is 3. The minimum atomic E-state index is 0.0764. The Morgan fingerprint density at radius 1 is 1.35 bits per heavy atom. The second kappa shape index (κ2) is 7.90. The Morgan fingerprint density at radius 3 is 2.80 bits per heavy atom. The Labute approximate surface area is 120 Å². The molecule has 1 fully saturated rings. The van der Waals surface area contributed by atoms with Gasteiger partial charge in [0.05, 0.1) is 13.0 Å². The van der Waals surface area contributed by atoms with Crippen molar-refractivity contribution in [1.29, 1.82) is 0 Å². The maximum Gasteiger partial charge on any atom is 0.224 e. The third-order valence-electron chi connectivity index (χ3n) is 3.54. The van der Waals surface area contributed by atoms with E-state index in [0.717, 1.165) is 37.4 Å². The van der Waals surface area contributed by atoms with Gasteiger partial charge in [0.25, 0.3) is 0 Å². The van der Waals surface area contributed by atoms with E-state index in [0.29, 0.717) is 18.9 Å². The van der Waals surface area contributed by atoms with E-state index in [9.17, 15) is 4.79 Å². The van der Waals surface area contributed by atoms with Crippen LogP contribution in [-0.2, 0) is 16.0 Å². The minimum absolute atomic E-state index is 0.0764. The molecule has 110 valence electrons. The summed E-state index contributed by atoms with van der Waals surface area (Å²) in [6.07, 6.45) is 2.85. The lowest BCUT2D eigenvalue weighted by Crippen LogP contribution is -2.24. The average molecular weight is 276 g/mol. The molecule has 2 rings (SSSR count). The molecular weight excluding hydrogens is 252 g/mol. The van der Waals surface area contributed by atoms with E-state index in [1.54, 1.807) is 0 Å². The molecule has 0 bridgehead atoms. The van der Waals surface area contributed by atoms with Crippen LogP contribution in [-0.4, -0.2) is 32.2 Å². The summed E-state index contributed by atoms with van der Waals surface area (Å²) in [5, 5.41) is 6.25. The van der Waals surface area contributed by atoms with Crippen molar-refractivity contribution in [2.45, 2.75) is 26.2 Å². The van der Waals surface area contributed by atoms with Crippen LogP contribution in [0, 0.1) is 5.92 Å². The Hall–Kier alpha value is -1.55. The zero-order valence-electron chi connectivity index (χ0n) is 12.2. The average Bonchev–Trinajstić information content (AvgIpc) is 2.48. The van der Waals surface area contributed by atoms with Gasteiger partial charge in [0, 0.05) is 25.4 Å². The topological polar surface area (TPSA) is 50.4 Å². The van der Waals surface area contributed by atoms with Gasteiger partial charge in [-0.15, -0.1) is 0 Å². The van der Waals surface area contributed by atoms with Crippen molar-refractivity contribution in [2.75, 3.05) is 31.6 Å². The summed E-state index contributed by atoms with van der Waals surface area (Å²) in [5.74, 6) is 0.686. The largest absolute Gasteiger partial charge is 0.385 e. The molecule has 1 aromatic carbocycles. The Morgan fingerprint density at radius 2 is 2.15 bits per heavy atom. The lowest BCUT2D eigenvalue weighted by Gasteiger charge is -2.22. The summed E-state index contributed by atoms with van der Waals surface area (Å²) in [5.41, 5.74) is 2.15. The van der Waals surface area contributed by atoms with Crippen LogP contribution in [0.3, 0.4) is 0 Å². The van der Waals surface area contributed by atoms with Crippen LogP contribution < -0.4 is 10.6 Å². The second-order valence-corrected chi connectivity index (χ2v) is 5.29. The molecule has 4 nitrogen and oxygen atoms in total. The van der Waals surface area contributed by atoms with Crippen LogP contribution >= 0.6 is 0 Å². The summed E-state index contributed by atoms with van der Waals surface area (Å²) in [7, 11) is 0. The molecule has 20 heavy (non-hydrogen) atoms. The van der Waals surface area contributed by atoms with Crippen LogP contribution in [0.15, 0.2) is 24.3 Å². The predicted octanol–water partition coefficient (Wildman–Crippen LogP) is 2.20. The lowest BCUT2D eigenvalue weighted by atomic mass is 10.0. The number of benzene rings is 1. The van der Waals surface area contributed by atoms with Crippen LogP contribution in [0.4, 0.5) is 5.69 Å². The van der Waals surface area contributed by atoms with Crippen molar-refractivity contribution >= 4 is 11.6 Å². The predicted molar refractivity (Wildman–Crippen MR) is 80.9 cm³/mol. The maximum absolute atomic E-state index is 11.5. The van der Waals surface area contributed by atoms with Crippen molar-refractivity contribution < 1.29 is 9.53 Å². The van der Waals surface area contributed by atoms with E-state index in [1.165, 1.54) is 6.42 Å². The molecule has 2 N–H and O–H groups in total. The first-order valence-corrected chi connectivity index (χ1v) is 7.45. The number of ether oxygens (including phenoxy) is 1. The van der Waals surface area contributed by atoms with Gasteiger partial charge in [-0.25, -0.2) is 0 Å². The number of rotatable bonds is 6. The van der Waals surface area contributed by atoms with Crippen molar-refractivity contribution in [3.63, 3.8) is 0 Å². The van der Waals surface area contributed by atoms with Gasteiger partial charge in [0.1, 0.15) is 0 Å². The third-order valence-corrected chi connectivity index (χ3v) is 3.54. The highest BCUT2D eigenvalue weighted by Gasteiger charge is 2.13. The van der Waals surface area contributed by atoms with E-state index in [4.69, 9.17) is 4.74 Å². The van der Waals surface area contributed by atoms with Crippen molar-refractivity contribution in [3.8, 4) is 0 Å². The minimum Gasteiger partial charge on any atom is -0.385 e. The molecule has 1 saturated heterocycles. The van der Waals surface area contributed by atoms with Crippen molar-refractivity contribution in [2.24, 2.45) is 5.92 Å². The zero-order chi connectivity index (χ0) is 14.2. The van der Waals surface area contributed by atoms with Gasteiger partial charge >= 0.3 is 0 Å². The van der Waals surface area contributed by atoms with Crippen LogP contribution in [0.2, 0.25) is 0 Å². The number of carbonyl (C=O) groups is 1. The standard InChI is InChI=1S/C16H24N2O2/c1-2-17-16(19)10-13-5-7-15(8-6-13)18-11-14-4-3-9-20-12-14/h5-8,14,18H,2-4,9-12H2,1H3,(H,17,19). The molecule has 1 heterocycles. The van der Waals surface area contributed by atoms with Crippen molar-refractivity contribution in [3.05, 3.63) is 29.8 Å². The molecular formula is C16H24N2O2. The summed E-state index contributed by atoms with van der Waals surface area (Å²) >= 11 is 0. The molecule has 0 aromatic heterocycles. The number of hydrogen-bond donors (Lipinski definition) is 2. The van der Waals surface area contributed by atoms with E-state index in [-0.39, 0.29) is 5.91 Å². The van der Waals surface area contributed by atoms with E-state index < -0.39 is 0 Å². The van der Waals surface area contributed by atoms with Crippen LogP contribution in [0.5, 0.6) is 0 Å². The molecule has 1 aliphatic rings. The highest BCUT2D eigenvalue weighted by Crippen LogP contribution is 2.16. The molecule has 0 radical (unpaired) electrons. The first-order valence-electron chi connectivity index (χ1n) is 7.45. The monoisotopic (exact) mass is 276 g/mol. The van der Waals surface area contributed by atoms with Gasteiger partial charge in [-0.05, 0) is 43.4 Å². The maximum atomic E-state index is 11.5. The molecule has 1 atom stereocenters. The Balaban J connectivity index is 1.77. The normalized spacial score (nSPS) is 18.6. The number of likely N-dealkylation sites (N-methyl/N-ethyl adjacent to an activating group) is 1. The van der Waals surface area contributed by atoms with Crippen molar-refractivity contribution in [1.82, 2.24) is 5.32 Å². The number of carbonyl (C=O) groups excluding carboxylic acids is 1. The Kier molecular flexibility index (Phi) is 5.87. The molecule has 4 heteroatoms. The third kappa shape index (κ3) is 4.85. The van der Waals surface area contributed by atoms with Crippen LogP contribution in [0.25, 0.3) is 0 Å². The Bertz CT molecular complexity index is 411. The van der Waals surface area contributed by atoms with E-state index in [2.05, 4.69) is 10.6 Å². The molecule has 0 saturated carbocycles. The molecule has 1 aromatic rings. The second-order valence-electron chi connectivity index (χ2n) is 5.29. The van der Waals surface area contributed by atoms with Gasteiger partial charge in [0.15, 0.2) is 0 Å². The SMILES string of the molecule is CCNC(=O)Cc1ccc(NCC2CCCOC2)cc1. The fraction of sp³-hybridized carbons (Fsp3) is 0.562. The van der Waals surface area contributed by atoms with Crippen LogP contribution in [0.1, 0.15) is 25.3 Å². The zero-order valence-corrected chi connectivity index (χ0v) is 12.2. The van der Waals surface area contributed by atoms with Gasteiger partial charge in [-0.3, -0.25) is 4.79 Å². The summed E-state index contributed by atoms with van der Waals surface area (Å²) in [6, 6.07) is 8.10. The fourth-order valence-electron chi connectivity index (χ4n) is 2.42. The first-order chi connectivity index (χ1) is 9.78. The molecule has 1 amide bonds. The number of amides is 1. The molecule has 1 aliphatic heterocycles.